The summed E-state index contributed by atoms with van der Waals surface area (Å²) in [6, 6.07) is 6.06. The molecule has 9 nitrogen and oxygen atoms in total. The summed E-state index contributed by atoms with van der Waals surface area (Å²) >= 11 is -2.23. The number of carbonyl (C=O) groups excluding carboxylic acids is 1. The molecule has 0 saturated heterocycles. The SMILES string of the molecule is [B]C1(NS(=O)O)CCCCCC(CNc2nc(Nc3ccc(C(N)=O)cc3)ncc2C(F)(F)F)CCC1. The molecule has 1 aliphatic carbocycles. The maximum Gasteiger partial charge on any atom is 0.421 e. The minimum atomic E-state index is -4.65. The van der Waals surface area contributed by atoms with Crippen LogP contribution in [-0.4, -0.2) is 44.5 Å². The number of alkyl halides is 3. The van der Waals surface area contributed by atoms with Crippen molar-refractivity contribution in [3.8, 4) is 0 Å². The minimum absolute atomic E-state index is 0.0377. The number of rotatable bonds is 8. The van der Waals surface area contributed by atoms with Crippen molar-refractivity contribution in [2.75, 3.05) is 17.2 Å². The molecule has 6 N–H and O–H groups in total. The van der Waals surface area contributed by atoms with Crippen molar-refractivity contribution in [1.82, 2.24) is 14.7 Å². The molecule has 3 unspecified atom stereocenters. The van der Waals surface area contributed by atoms with E-state index in [-0.39, 0.29) is 24.2 Å². The van der Waals surface area contributed by atoms with Gasteiger partial charge in [-0.15, -0.1) is 0 Å². The van der Waals surface area contributed by atoms with Gasteiger partial charge < -0.3 is 16.4 Å². The van der Waals surface area contributed by atoms with Crippen LogP contribution in [0.15, 0.2) is 30.5 Å². The molecule has 0 aliphatic heterocycles. The third-order valence-electron chi connectivity index (χ3n) is 6.34. The molecule has 1 saturated carbocycles. The van der Waals surface area contributed by atoms with Crippen molar-refractivity contribution >= 4 is 42.5 Å². The Kier molecular flexibility index (Phi) is 9.90. The van der Waals surface area contributed by atoms with Gasteiger partial charge >= 0.3 is 6.18 Å². The molecule has 1 aliphatic rings. The summed E-state index contributed by atoms with van der Waals surface area (Å²) < 4.78 is 63.9. The number of amides is 1. The van der Waals surface area contributed by atoms with Crippen LogP contribution in [0, 0.1) is 5.92 Å². The first-order valence-corrected chi connectivity index (χ1v) is 13.1. The Hall–Kier alpha value is -2.71. The van der Waals surface area contributed by atoms with Crippen molar-refractivity contribution in [2.45, 2.75) is 63.0 Å². The summed E-state index contributed by atoms with van der Waals surface area (Å²) in [6.07, 6.45) is 1.80. The van der Waals surface area contributed by atoms with Crippen LogP contribution in [0.4, 0.5) is 30.6 Å². The zero-order valence-electron chi connectivity index (χ0n) is 20.2. The standard InChI is InChI=1S/C23H30BF3N6O3S/c24-22(33-37(35)36)11-3-1-2-5-15(6-4-12-22)13-29-20-18(23(25,26)27)14-30-21(32-20)31-17-9-7-16(8-10-17)19(28)34/h7-10,14-15,33H,1-6,11-13H2,(H2,28,34)(H,35,36)(H2,29,30,31,32). The van der Waals surface area contributed by atoms with Crippen LogP contribution < -0.4 is 21.1 Å². The van der Waals surface area contributed by atoms with E-state index in [0.29, 0.717) is 36.9 Å². The average Bonchev–Trinajstić information content (AvgIpc) is 2.81. The molecule has 200 valence electrons. The number of nitrogens with two attached hydrogens (primary N) is 1. The summed E-state index contributed by atoms with van der Waals surface area (Å²) in [4.78, 5) is 19.1. The molecule has 0 bridgehead atoms. The molecule has 1 heterocycles. The number of benzene rings is 1. The third kappa shape index (κ3) is 8.97. The fourth-order valence-electron chi connectivity index (χ4n) is 4.38. The fraction of sp³-hybridized carbons (Fsp3) is 0.522. The Balaban J connectivity index is 1.70. The smallest absolute Gasteiger partial charge is 0.369 e. The summed E-state index contributed by atoms with van der Waals surface area (Å²) in [5.74, 6) is -0.900. The quantitative estimate of drug-likeness (QED) is 0.252. The van der Waals surface area contributed by atoms with Gasteiger partial charge in [-0.2, -0.15) is 18.2 Å². The van der Waals surface area contributed by atoms with Gasteiger partial charge in [0, 0.05) is 24.0 Å². The number of primary amides is 1. The number of halogens is 3. The number of carbonyl (C=O) groups is 1. The number of hydrogen-bond acceptors (Lipinski definition) is 6. The van der Waals surface area contributed by atoms with Gasteiger partial charge in [-0.1, -0.05) is 25.7 Å². The van der Waals surface area contributed by atoms with E-state index in [1.54, 1.807) is 12.1 Å². The van der Waals surface area contributed by atoms with Crippen molar-refractivity contribution in [1.29, 1.82) is 0 Å². The first-order valence-electron chi connectivity index (χ1n) is 12.0. The molecule has 37 heavy (non-hydrogen) atoms. The van der Waals surface area contributed by atoms with E-state index in [9.17, 15) is 26.7 Å². The maximum atomic E-state index is 13.6. The van der Waals surface area contributed by atoms with E-state index in [1.807, 2.05) is 0 Å². The highest BCUT2D eigenvalue weighted by molar-refractivity contribution is 7.77. The molecule has 3 atom stereocenters. The zero-order chi connectivity index (χ0) is 27.1. The van der Waals surface area contributed by atoms with Gasteiger partial charge in [-0.3, -0.25) is 9.35 Å². The zero-order valence-corrected chi connectivity index (χ0v) is 21.0. The molecule has 1 aromatic heterocycles. The molecule has 2 radical (unpaired) electrons. The largest absolute Gasteiger partial charge is 0.421 e. The molecule has 1 fully saturated rings. The Morgan fingerprint density at radius 3 is 2.49 bits per heavy atom. The number of aromatic nitrogens is 2. The predicted octanol–water partition coefficient (Wildman–Crippen LogP) is 4.09. The molecule has 1 aromatic carbocycles. The summed E-state index contributed by atoms with van der Waals surface area (Å²) in [6.45, 7) is 0.268. The predicted molar refractivity (Wildman–Crippen MR) is 137 cm³/mol. The van der Waals surface area contributed by atoms with E-state index in [4.69, 9.17) is 13.6 Å². The first kappa shape index (κ1) is 28.9. The molecule has 2 aromatic rings. The number of nitrogens with one attached hydrogen (secondary N) is 3. The molecule has 3 rings (SSSR count). The molecular formula is C23H30BF3N6O3S. The lowest BCUT2D eigenvalue weighted by Crippen LogP contribution is -2.46. The average molecular weight is 538 g/mol. The highest BCUT2D eigenvalue weighted by Crippen LogP contribution is 2.35. The second-order valence-electron chi connectivity index (χ2n) is 9.27. The van der Waals surface area contributed by atoms with Gasteiger partial charge in [-0.05, 0) is 61.3 Å². The number of nitrogens with zero attached hydrogens (tertiary/aromatic N) is 2. The van der Waals surface area contributed by atoms with E-state index < -0.39 is 34.4 Å². The molecule has 14 heteroatoms. The Labute approximate surface area is 217 Å². The van der Waals surface area contributed by atoms with E-state index in [1.165, 1.54) is 12.1 Å². The number of anilines is 3. The highest BCUT2D eigenvalue weighted by atomic mass is 32.2. The number of hydrogen-bond donors (Lipinski definition) is 5. The van der Waals surface area contributed by atoms with E-state index in [2.05, 4.69) is 25.3 Å². The van der Waals surface area contributed by atoms with Crippen molar-refractivity contribution in [3.05, 3.63) is 41.6 Å². The Morgan fingerprint density at radius 2 is 1.84 bits per heavy atom. The second-order valence-corrected chi connectivity index (χ2v) is 9.97. The Bertz CT molecular complexity index is 1090. The maximum absolute atomic E-state index is 13.6. The van der Waals surface area contributed by atoms with Gasteiger partial charge in [0.2, 0.25) is 23.1 Å². The van der Waals surface area contributed by atoms with Crippen molar-refractivity contribution in [3.63, 3.8) is 0 Å². The lowest BCUT2D eigenvalue weighted by Gasteiger charge is -2.32. The topological polar surface area (TPSA) is 142 Å². The van der Waals surface area contributed by atoms with E-state index in [0.717, 1.165) is 31.9 Å². The van der Waals surface area contributed by atoms with Crippen LogP contribution in [0.5, 0.6) is 0 Å². The lowest BCUT2D eigenvalue weighted by atomic mass is 9.70. The van der Waals surface area contributed by atoms with Crippen LogP contribution in [0.2, 0.25) is 0 Å². The van der Waals surface area contributed by atoms with Crippen LogP contribution in [-0.2, 0) is 17.4 Å². The van der Waals surface area contributed by atoms with Crippen molar-refractivity contribution < 1.29 is 26.7 Å². The summed E-state index contributed by atoms with van der Waals surface area (Å²) in [5, 5.41) is 5.71. The fourth-order valence-corrected chi connectivity index (χ4v) is 4.93. The highest BCUT2D eigenvalue weighted by Gasteiger charge is 2.35. The third-order valence-corrected chi connectivity index (χ3v) is 6.92. The lowest BCUT2D eigenvalue weighted by molar-refractivity contribution is -0.137. The molecule has 0 spiro atoms. The second kappa shape index (κ2) is 12.7. The normalized spacial score (nSPS) is 22.1. The van der Waals surface area contributed by atoms with Crippen LogP contribution >= 0.6 is 0 Å². The molecule has 1 amide bonds. The van der Waals surface area contributed by atoms with Gasteiger partial charge in [0.05, 0.1) is 7.85 Å². The molecular weight excluding hydrogens is 508 g/mol. The van der Waals surface area contributed by atoms with Crippen LogP contribution in [0.25, 0.3) is 0 Å². The Morgan fingerprint density at radius 1 is 1.16 bits per heavy atom. The van der Waals surface area contributed by atoms with Gasteiger partial charge in [-0.25, -0.2) is 13.9 Å². The van der Waals surface area contributed by atoms with Crippen molar-refractivity contribution in [2.24, 2.45) is 11.7 Å². The van der Waals surface area contributed by atoms with Gasteiger partial charge in [0.25, 0.3) is 0 Å². The van der Waals surface area contributed by atoms with Crippen LogP contribution in [0.3, 0.4) is 0 Å². The van der Waals surface area contributed by atoms with Crippen LogP contribution in [0.1, 0.15) is 67.3 Å². The van der Waals surface area contributed by atoms with Gasteiger partial charge in [0.15, 0.2) is 0 Å². The van der Waals surface area contributed by atoms with E-state index >= 15 is 0 Å². The first-order chi connectivity index (χ1) is 17.4. The summed E-state index contributed by atoms with van der Waals surface area (Å²) in [7, 11) is 6.28. The van der Waals surface area contributed by atoms with Gasteiger partial charge in [0.1, 0.15) is 11.4 Å². The summed E-state index contributed by atoms with van der Waals surface area (Å²) in [5.41, 5.74) is 4.06. The monoisotopic (exact) mass is 538 g/mol. The minimum Gasteiger partial charge on any atom is -0.369 e.